The van der Waals surface area contributed by atoms with Crippen LogP contribution in [0, 0.1) is 0 Å². The van der Waals surface area contributed by atoms with Crippen LogP contribution < -0.4 is 0 Å². The predicted molar refractivity (Wildman–Crippen MR) is 151 cm³/mol. The number of carboxylic acid groups (broad SMARTS) is 1. The van der Waals surface area contributed by atoms with E-state index < -0.39 is 17.5 Å². The largest absolute Gasteiger partial charge is 0.508 e. The van der Waals surface area contributed by atoms with Gasteiger partial charge in [0.2, 0.25) is 0 Å². The molecule has 6 nitrogen and oxygen atoms in total. The summed E-state index contributed by atoms with van der Waals surface area (Å²) >= 11 is 0. The maximum absolute atomic E-state index is 13.5. The van der Waals surface area contributed by atoms with E-state index in [2.05, 4.69) is 13.8 Å². The Morgan fingerprint density at radius 2 is 1.21 bits per heavy atom. The van der Waals surface area contributed by atoms with Crippen LogP contribution in [-0.2, 0) is 36.0 Å². The number of carbonyl (C=O) groups excluding carboxylic acids is 1. The number of benzene rings is 3. The summed E-state index contributed by atoms with van der Waals surface area (Å²) in [7, 11) is 0. The Hall–Kier alpha value is -3.80. The third kappa shape index (κ3) is 5.00. The molecule has 6 heteroatoms. The van der Waals surface area contributed by atoms with Crippen LogP contribution in [-0.4, -0.2) is 27.3 Å². The van der Waals surface area contributed by atoms with E-state index in [4.69, 9.17) is 4.74 Å². The molecule has 206 valence electrons. The molecule has 0 atom stereocenters. The first-order valence-electron chi connectivity index (χ1n) is 14.0. The average molecular weight is 531 g/mol. The number of phenolic OH excluding ortho intramolecular Hbond substituents is 2. The summed E-state index contributed by atoms with van der Waals surface area (Å²) in [6.45, 7) is 8.15. The van der Waals surface area contributed by atoms with E-state index in [-0.39, 0.29) is 22.6 Å². The van der Waals surface area contributed by atoms with Crippen molar-refractivity contribution in [1.29, 1.82) is 0 Å². The molecule has 1 heterocycles. The Morgan fingerprint density at radius 3 is 1.64 bits per heavy atom. The summed E-state index contributed by atoms with van der Waals surface area (Å²) in [6.07, 6.45) is 5.67. The number of esters is 1. The van der Waals surface area contributed by atoms with Crippen molar-refractivity contribution in [2.24, 2.45) is 0 Å². The lowest BCUT2D eigenvalue weighted by Crippen LogP contribution is -2.33. The lowest BCUT2D eigenvalue weighted by Gasteiger charge is -2.35. The Labute approximate surface area is 230 Å². The molecule has 0 aromatic heterocycles. The number of carboxylic acids is 1. The zero-order chi connectivity index (χ0) is 28.3. The molecule has 0 amide bonds. The van der Waals surface area contributed by atoms with Crippen LogP contribution in [0.1, 0.15) is 113 Å². The molecule has 1 aliphatic rings. The molecular weight excluding hydrogens is 492 g/mol. The van der Waals surface area contributed by atoms with Gasteiger partial charge in [-0.15, -0.1) is 0 Å². The van der Waals surface area contributed by atoms with Crippen molar-refractivity contribution in [3.8, 4) is 11.5 Å². The van der Waals surface area contributed by atoms with Crippen molar-refractivity contribution in [3.63, 3.8) is 0 Å². The van der Waals surface area contributed by atoms with Crippen LogP contribution in [0.25, 0.3) is 0 Å². The van der Waals surface area contributed by atoms with Gasteiger partial charge in [0.05, 0.1) is 11.1 Å². The van der Waals surface area contributed by atoms with E-state index in [1.165, 1.54) is 18.2 Å². The molecule has 0 spiro atoms. The SMILES string of the molecule is CCCc1cc(O)c(CCC)c(C2(c3cc(CCC)cc(O)c3CCC)OC(=O)c3ccc(C(=O)O)cc32)c1. The topological polar surface area (TPSA) is 104 Å². The zero-order valence-electron chi connectivity index (χ0n) is 23.3. The predicted octanol–water partition coefficient (Wildman–Crippen LogP) is 7.07. The van der Waals surface area contributed by atoms with E-state index in [1.54, 1.807) is 12.1 Å². The van der Waals surface area contributed by atoms with Gasteiger partial charge in [0.15, 0.2) is 5.60 Å². The van der Waals surface area contributed by atoms with Gasteiger partial charge in [0.25, 0.3) is 0 Å². The summed E-state index contributed by atoms with van der Waals surface area (Å²) in [6, 6.07) is 12.0. The van der Waals surface area contributed by atoms with Crippen LogP contribution in [0.4, 0.5) is 0 Å². The molecule has 0 fully saturated rings. The van der Waals surface area contributed by atoms with E-state index in [9.17, 15) is 24.9 Å². The molecule has 4 rings (SSSR count). The molecule has 0 saturated carbocycles. The van der Waals surface area contributed by atoms with Crippen LogP contribution in [0.2, 0.25) is 0 Å². The van der Waals surface area contributed by atoms with Gasteiger partial charge in [0.1, 0.15) is 11.5 Å². The summed E-state index contributed by atoms with van der Waals surface area (Å²) < 4.78 is 6.42. The second-order valence-corrected chi connectivity index (χ2v) is 10.4. The highest BCUT2D eigenvalue weighted by molar-refractivity contribution is 5.99. The number of aromatic carboxylic acids is 1. The monoisotopic (exact) mass is 530 g/mol. The molecule has 3 aromatic carbocycles. The quantitative estimate of drug-likeness (QED) is 0.229. The molecule has 0 saturated heterocycles. The summed E-state index contributed by atoms with van der Waals surface area (Å²) in [5.74, 6) is -1.42. The minimum absolute atomic E-state index is 0.0355. The second-order valence-electron chi connectivity index (χ2n) is 10.4. The van der Waals surface area contributed by atoms with E-state index in [1.807, 2.05) is 26.0 Å². The minimum Gasteiger partial charge on any atom is -0.508 e. The van der Waals surface area contributed by atoms with Crippen LogP contribution in [0.5, 0.6) is 11.5 Å². The van der Waals surface area contributed by atoms with E-state index >= 15 is 0 Å². The van der Waals surface area contributed by atoms with E-state index in [0.717, 1.165) is 36.8 Å². The molecule has 39 heavy (non-hydrogen) atoms. The number of fused-ring (bicyclic) bond motifs is 1. The normalized spacial score (nSPS) is 13.8. The molecular formula is C33H38O6. The number of rotatable bonds is 11. The summed E-state index contributed by atoms with van der Waals surface area (Å²) in [5.41, 5.74) is 3.55. The lowest BCUT2D eigenvalue weighted by molar-refractivity contribution is 0.0244. The highest BCUT2D eigenvalue weighted by Crippen LogP contribution is 2.52. The fourth-order valence-electron chi connectivity index (χ4n) is 5.89. The molecule has 3 aromatic rings. The maximum atomic E-state index is 13.5. The molecule has 0 aliphatic carbocycles. The number of hydrogen-bond acceptors (Lipinski definition) is 5. The highest BCUT2D eigenvalue weighted by Gasteiger charge is 2.51. The van der Waals surface area contributed by atoms with Gasteiger partial charge >= 0.3 is 11.9 Å². The van der Waals surface area contributed by atoms with Gasteiger partial charge in [-0.2, -0.15) is 0 Å². The number of hydrogen-bond donors (Lipinski definition) is 3. The third-order valence-electron chi connectivity index (χ3n) is 7.52. The fourth-order valence-corrected chi connectivity index (χ4v) is 5.89. The number of cyclic esters (lactones) is 1. The Kier molecular flexibility index (Phi) is 8.34. The molecule has 0 unspecified atom stereocenters. The van der Waals surface area contributed by atoms with Crippen molar-refractivity contribution in [1.82, 2.24) is 0 Å². The zero-order valence-corrected chi connectivity index (χ0v) is 23.3. The third-order valence-corrected chi connectivity index (χ3v) is 7.52. The maximum Gasteiger partial charge on any atom is 0.340 e. The minimum atomic E-state index is -1.53. The number of aryl methyl sites for hydroxylation is 2. The van der Waals surface area contributed by atoms with Crippen LogP contribution in [0.15, 0.2) is 42.5 Å². The number of carbonyl (C=O) groups is 2. The Balaban J connectivity index is 2.23. The van der Waals surface area contributed by atoms with E-state index in [0.29, 0.717) is 53.5 Å². The number of ether oxygens (including phenoxy) is 1. The first kappa shape index (κ1) is 28.2. The summed E-state index contributed by atoms with van der Waals surface area (Å²) in [4.78, 5) is 25.6. The average Bonchev–Trinajstić information content (AvgIpc) is 3.19. The highest BCUT2D eigenvalue weighted by atomic mass is 16.6. The van der Waals surface area contributed by atoms with Gasteiger partial charge in [-0.1, -0.05) is 65.5 Å². The van der Waals surface area contributed by atoms with Crippen molar-refractivity contribution < 1.29 is 29.6 Å². The Morgan fingerprint density at radius 1 is 0.718 bits per heavy atom. The number of phenols is 2. The lowest BCUT2D eigenvalue weighted by atomic mass is 9.73. The van der Waals surface area contributed by atoms with Crippen molar-refractivity contribution in [2.75, 3.05) is 0 Å². The second kappa shape index (κ2) is 11.5. The van der Waals surface area contributed by atoms with Gasteiger partial charge in [-0.3, -0.25) is 0 Å². The standard InChI is InChI=1S/C33H38O6/c1-5-9-20-15-26(23(11-7-3)29(34)17-20)33(27-16-21(10-6-2)18-30(35)24(27)12-8-4)28-19-22(31(36)37)13-14-25(28)32(38)39-33/h13-19,34-35H,5-12H2,1-4H3,(H,36,37). The van der Waals surface area contributed by atoms with Crippen LogP contribution >= 0.6 is 0 Å². The van der Waals surface area contributed by atoms with Crippen LogP contribution in [0.3, 0.4) is 0 Å². The van der Waals surface area contributed by atoms with Gasteiger partial charge in [0, 0.05) is 27.8 Å². The number of aromatic hydroxyl groups is 2. The first-order chi connectivity index (χ1) is 18.7. The van der Waals surface area contributed by atoms with Crippen molar-refractivity contribution in [3.05, 3.63) is 92.5 Å². The molecule has 0 bridgehead atoms. The molecule has 1 aliphatic heterocycles. The van der Waals surface area contributed by atoms with Crippen molar-refractivity contribution in [2.45, 2.75) is 84.7 Å². The first-order valence-corrected chi connectivity index (χ1v) is 14.0. The van der Waals surface area contributed by atoms with Gasteiger partial charge in [-0.25, -0.2) is 9.59 Å². The van der Waals surface area contributed by atoms with Gasteiger partial charge < -0.3 is 20.1 Å². The summed E-state index contributed by atoms with van der Waals surface area (Å²) in [5, 5.41) is 32.5. The molecule has 0 radical (unpaired) electrons. The van der Waals surface area contributed by atoms with Gasteiger partial charge in [-0.05, 0) is 67.1 Å². The Bertz CT molecular complexity index is 1340. The molecule has 3 N–H and O–H groups in total. The smallest absolute Gasteiger partial charge is 0.340 e. The van der Waals surface area contributed by atoms with Crippen molar-refractivity contribution >= 4 is 11.9 Å². The fraction of sp³-hybridized carbons (Fsp3) is 0.394.